The van der Waals surface area contributed by atoms with Crippen molar-refractivity contribution in [1.29, 1.82) is 0 Å². The van der Waals surface area contributed by atoms with Crippen molar-refractivity contribution in [2.75, 3.05) is 19.6 Å². The van der Waals surface area contributed by atoms with E-state index in [4.69, 9.17) is 5.73 Å². The van der Waals surface area contributed by atoms with Crippen LogP contribution in [0.4, 0.5) is 4.79 Å². The molecule has 2 amide bonds. The van der Waals surface area contributed by atoms with E-state index < -0.39 is 0 Å². The molecule has 14 heavy (non-hydrogen) atoms. The average Bonchev–Trinajstić information content (AvgIpc) is 2.46. The number of primary amides is 1. The Balaban J connectivity index is 2.11. The fourth-order valence-electron chi connectivity index (χ4n) is 2.97. The van der Waals surface area contributed by atoms with Gasteiger partial charge in [-0.05, 0) is 44.7 Å². The number of rotatable bonds is 0. The van der Waals surface area contributed by atoms with Crippen molar-refractivity contribution in [3.63, 3.8) is 0 Å². The Kier molecular flexibility index (Phi) is 2.39. The van der Waals surface area contributed by atoms with Gasteiger partial charge in [0.25, 0.3) is 0 Å². The first-order valence-corrected chi connectivity index (χ1v) is 5.42. The van der Waals surface area contributed by atoms with Crippen molar-refractivity contribution < 1.29 is 4.79 Å². The first kappa shape index (κ1) is 9.77. The second-order valence-electron chi connectivity index (χ2n) is 4.57. The van der Waals surface area contributed by atoms with E-state index in [2.05, 4.69) is 12.2 Å². The van der Waals surface area contributed by atoms with E-state index in [0.717, 1.165) is 26.1 Å². The van der Waals surface area contributed by atoms with Crippen LogP contribution in [0.1, 0.15) is 26.2 Å². The van der Waals surface area contributed by atoms with Crippen LogP contribution in [0, 0.1) is 5.41 Å². The Labute approximate surface area is 84.8 Å². The summed E-state index contributed by atoms with van der Waals surface area (Å²) in [6.07, 6.45) is 3.48. The zero-order valence-electron chi connectivity index (χ0n) is 8.75. The molecule has 80 valence electrons. The molecule has 4 nitrogen and oxygen atoms in total. The van der Waals surface area contributed by atoms with Gasteiger partial charge in [-0.1, -0.05) is 0 Å². The molecule has 4 heteroatoms. The summed E-state index contributed by atoms with van der Waals surface area (Å²) in [7, 11) is 0. The maximum absolute atomic E-state index is 11.2. The van der Waals surface area contributed by atoms with E-state index in [1.165, 1.54) is 12.8 Å². The number of hydrogen-bond donors (Lipinski definition) is 2. The van der Waals surface area contributed by atoms with Gasteiger partial charge in [-0.3, -0.25) is 0 Å². The smallest absolute Gasteiger partial charge is 0.315 e. The van der Waals surface area contributed by atoms with Crippen LogP contribution in [0.15, 0.2) is 0 Å². The Morgan fingerprint density at radius 2 is 2.07 bits per heavy atom. The second kappa shape index (κ2) is 3.42. The van der Waals surface area contributed by atoms with Gasteiger partial charge in [0.15, 0.2) is 0 Å². The van der Waals surface area contributed by atoms with Crippen molar-refractivity contribution in [3.8, 4) is 0 Å². The third-order valence-electron chi connectivity index (χ3n) is 4.09. The van der Waals surface area contributed by atoms with E-state index in [1.807, 2.05) is 4.90 Å². The highest BCUT2D eigenvalue weighted by Crippen LogP contribution is 2.43. The first-order chi connectivity index (χ1) is 6.66. The van der Waals surface area contributed by atoms with Gasteiger partial charge >= 0.3 is 6.03 Å². The third kappa shape index (κ3) is 1.38. The molecular weight excluding hydrogens is 178 g/mol. The lowest BCUT2D eigenvalue weighted by Gasteiger charge is -2.38. The summed E-state index contributed by atoms with van der Waals surface area (Å²) in [6.45, 7) is 5.15. The number of amides is 2. The number of hydrogen-bond acceptors (Lipinski definition) is 2. The highest BCUT2D eigenvalue weighted by atomic mass is 16.2. The average molecular weight is 197 g/mol. The number of nitrogens with zero attached hydrogens (tertiary/aromatic N) is 1. The maximum atomic E-state index is 11.2. The monoisotopic (exact) mass is 197 g/mol. The summed E-state index contributed by atoms with van der Waals surface area (Å²) in [5, 5.41) is 3.37. The Morgan fingerprint density at radius 3 is 2.57 bits per heavy atom. The summed E-state index contributed by atoms with van der Waals surface area (Å²) < 4.78 is 0. The van der Waals surface area contributed by atoms with E-state index in [0.29, 0.717) is 11.5 Å². The molecule has 2 aliphatic rings. The van der Waals surface area contributed by atoms with Gasteiger partial charge in [-0.2, -0.15) is 0 Å². The number of carbonyl (C=O) groups is 1. The summed E-state index contributed by atoms with van der Waals surface area (Å²) in [5.74, 6) is 0. The van der Waals surface area contributed by atoms with Gasteiger partial charge in [0.1, 0.15) is 0 Å². The lowest BCUT2D eigenvalue weighted by Crippen LogP contribution is -2.47. The SMILES string of the molecule is CC1N(C(N)=O)CCC12CCNCC2. The van der Waals surface area contributed by atoms with E-state index in [1.54, 1.807) is 0 Å². The first-order valence-electron chi connectivity index (χ1n) is 5.42. The summed E-state index contributed by atoms with van der Waals surface area (Å²) in [4.78, 5) is 13.0. The minimum Gasteiger partial charge on any atom is -0.351 e. The molecule has 2 heterocycles. The quantitative estimate of drug-likeness (QED) is 0.595. The van der Waals surface area contributed by atoms with Gasteiger partial charge in [-0.25, -0.2) is 4.79 Å². The van der Waals surface area contributed by atoms with Gasteiger partial charge in [0.05, 0.1) is 0 Å². The zero-order chi connectivity index (χ0) is 10.2. The van der Waals surface area contributed by atoms with Crippen LogP contribution in [0.25, 0.3) is 0 Å². The molecule has 0 aromatic carbocycles. The molecule has 2 saturated heterocycles. The minimum absolute atomic E-state index is 0.257. The molecule has 1 spiro atoms. The summed E-state index contributed by atoms with van der Waals surface area (Å²) in [5.41, 5.74) is 5.70. The summed E-state index contributed by atoms with van der Waals surface area (Å²) >= 11 is 0. The molecule has 1 atom stereocenters. The Hall–Kier alpha value is -0.770. The van der Waals surface area contributed by atoms with E-state index in [-0.39, 0.29) is 6.03 Å². The van der Waals surface area contributed by atoms with Crippen LogP contribution in [0.2, 0.25) is 0 Å². The van der Waals surface area contributed by atoms with E-state index >= 15 is 0 Å². The highest BCUT2D eigenvalue weighted by Gasteiger charge is 2.46. The minimum atomic E-state index is -0.257. The van der Waals surface area contributed by atoms with Crippen molar-refractivity contribution in [2.45, 2.75) is 32.2 Å². The number of nitrogens with two attached hydrogens (primary N) is 1. The number of urea groups is 1. The molecule has 2 fully saturated rings. The van der Waals surface area contributed by atoms with Crippen LogP contribution in [0.3, 0.4) is 0 Å². The molecule has 2 rings (SSSR count). The predicted molar refractivity (Wildman–Crippen MR) is 54.9 cm³/mol. The van der Waals surface area contributed by atoms with Crippen LogP contribution in [0.5, 0.6) is 0 Å². The fraction of sp³-hybridized carbons (Fsp3) is 0.900. The number of piperidine rings is 1. The Morgan fingerprint density at radius 1 is 1.43 bits per heavy atom. The van der Waals surface area contributed by atoms with Gasteiger partial charge in [0, 0.05) is 12.6 Å². The maximum Gasteiger partial charge on any atom is 0.315 e. The highest BCUT2D eigenvalue weighted by molar-refractivity contribution is 5.72. The standard InChI is InChI=1S/C10H19N3O/c1-8-10(2-5-12-6-3-10)4-7-13(8)9(11)14/h8,12H,2-7H2,1H3,(H2,11,14). The zero-order valence-corrected chi connectivity index (χ0v) is 8.75. The van der Waals surface area contributed by atoms with Gasteiger partial charge in [-0.15, -0.1) is 0 Å². The number of nitrogens with one attached hydrogen (secondary N) is 1. The molecule has 0 radical (unpaired) electrons. The molecule has 0 aromatic rings. The molecule has 1 unspecified atom stereocenters. The van der Waals surface area contributed by atoms with Crippen molar-refractivity contribution in [1.82, 2.24) is 10.2 Å². The van der Waals surface area contributed by atoms with Crippen LogP contribution in [-0.2, 0) is 0 Å². The van der Waals surface area contributed by atoms with Crippen molar-refractivity contribution in [3.05, 3.63) is 0 Å². The molecule has 0 aliphatic carbocycles. The molecule has 2 aliphatic heterocycles. The van der Waals surface area contributed by atoms with E-state index in [9.17, 15) is 4.79 Å². The van der Waals surface area contributed by atoms with Crippen LogP contribution >= 0.6 is 0 Å². The molecule has 0 saturated carbocycles. The predicted octanol–water partition coefficient (Wildman–Crippen LogP) is 0.529. The lowest BCUT2D eigenvalue weighted by atomic mass is 9.73. The molecule has 3 N–H and O–H groups in total. The molecule has 0 bridgehead atoms. The lowest BCUT2D eigenvalue weighted by molar-refractivity contribution is 0.138. The Bertz CT molecular complexity index is 236. The number of likely N-dealkylation sites (tertiary alicyclic amines) is 1. The third-order valence-corrected chi connectivity index (χ3v) is 4.09. The summed E-state index contributed by atoms with van der Waals surface area (Å²) in [6, 6.07) is 0.0648. The second-order valence-corrected chi connectivity index (χ2v) is 4.57. The van der Waals surface area contributed by atoms with Crippen LogP contribution in [-0.4, -0.2) is 36.6 Å². The van der Waals surface area contributed by atoms with Crippen molar-refractivity contribution in [2.24, 2.45) is 11.1 Å². The van der Waals surface area contributed by atoms with Gasteiger partial charge < -0.3 is 16.0 Å². The number of carbonyl (C=O) groups excluding carboxylic acids is 1. The van der Waals surface area contributed by atoms with Crippen molar-refractivity contribution >= 4 is 6.03 Å². The topological polar surface area (TPSA) is 58.4 Å². The normalized spacial score (nSPS) is 30.9. The molecular formula is C10H19N3O. The van der Waals surface area contributed by atoms with Crippen LogP contribution < -0.4 is 11.1 Å². The largest absolute Gasteiger partial charge is 0.351 e. The molecule has 0 aromatic heterocycles. The van der Waals surface area contributed by atoms with Gasteiger partial charge in [0.2, 0.25) is 0 Å². The fourth-order valence-corrected chi connectivity index (χ4v) is 2.97.